The summed E-state index contributed by atoms with van der Waals surface area (Å²) < 4.78 is 154. The highest BCUT2D eigenvalue weighted by atomic mass is 14.9. The Morgan fingerprint density at radius 1 is 0.179 bits per heavy atom. The van der Waals surface area contributed by atoms with Gasteiger partial charge in [-0.25, -0.2) is 18.3 Å². The van der Waals surface area contributed by atoms with Crippen molar-refractivity contribution < 1.29 is 42.9 Å². The summed E-state index contributed by atoms with van der Waals surface area (Å²) in [6.45, 7) is -2.49. The first-order valence-corrected chi connectivity index (χ1v) is 37.6. The smallest absolute Gasteiger partial charge is 0.200 e. The van der Waals surface area contributed by atoms with Gasteiger partial charge >= 0.3 is 0 Å². The molecule has 0 fully saturated rings. The number of benzene rings is 12. The first-order valence-electron chi connectivity index (χ1n) is 46.6. The molecule has 0 radical (unpaired) electrons. The molecular formula is C108H104N4+4. The molecular weight excluding hydrogens is 1350 g/mol. The highest BCUT2D eigenvalue weighted by molar-refractivity contribution is 5.90. The standard InChI is InChI=1S/C28H28N.2C27H26N.C26H24N/c1-19-16-21(3)27(22(4)17-19)25-13-9-10-20(2)28(25)26-15-14-24(18-29(26)5)23-11-7-6-8-12-23;1-19-10-8-11-20(2)26(19)24-15-9-12-21(3)27(24)25-17-16-23(18-28(25)4)22-13-6-5-7-14-22;1-19-13-15-24(21(3)17-19)25-12-8-9-20(2)27(25)26-16-14-23(18-28(26)4)22-10-6-5-7-11-22;1-19-10-7-8-14-23(19)24-15-9-11-20(2)26(24)25-17-16-22(18-27(25)3)21-12-5-4-6-13-21/h6-18H,1-5H3;2*5-18H,1-4H3;4-18H,1-3H3/q4*+1/i3D3,4D3;1D3,2D3;3D3;1D3. The van der Waals surface area contributed by atoms with Crippen molar-refractivity contribution in [1.29, 1.82) is 0 Å². The number of rotatable bonds is 12. The monoisotopic (exact) mass is 1470 g/mol. The van der Waals surface area contributed by atoms with Gasteiger partial charge in [-0.05, 0) is 229 Å². The van der Waals surface area contributed by atoms with Crippen molar-refractivity contribution in [3.63, 3.8) is 0 Å². The minimum atomic E-state index is -2.47. The molecule has 0 unspecified atom stereocenters. The van der Waals surface area contributed by atoms with Crippen LogP contribution in [0.15, 0.2) is 340 Å². The van der Waals surface area contributed by atoms with Crippen LogP contribution >= 0.6 is 0 Å². The molecule has 16 rings (SSSR count). The summed E-state index contributed by atoms with van der Waals surface area (Å²) in [6, 6.07) is 101. The van der Waals surface area contributed by atoms with Gasteiger partial charge in [0, 0.05) is 71.2 Å². The maximum absolute atomic E-state index is 8.20. The van der Waals surface area contributed by atoms with Crippen molar-refractivity contribution in [2.24, 2.45) is 28.2 Å². The number of hydrogen-bond acceptors (Lipinski definition) is 0. The third-order valence-electron chi connectivity index (χ3n) is 20.6. The largest absolute Gasteiger partial charge is 0.213 e. The van der Waals surface area contributed by atoms with Crippen LogP contribution in [0.3, 0.4) is 0 Å². The highest BCUT2D eigenvalue weighted by Crippen LogP contribution is 2.42. The van der Waals surface area contributed by atoms with Crippen LogP contribution in [-0.2, 0) is 28.2 Å². The van der Waals surface area contributed by atoms with Crippen molar-refractivity contribution in [1.82, 2.24) is 0 Å². The van der Waals surface area contributed by atoms with Gasteiger partial charge in [0.2, 0.25) is 22.8 Å². The van der Waals surface area contributed by atoms with Crippen LogP contribution in [0.1, 0.15) is 91.4 Å². The van der Waals surface area contributed by atoms with Crippen LogP contribution in [0.25, 0.3) is 134 Å². The quantitative estimate of drug-likeness (QED) is 0.108. The second-order valence-electron chi connectivity index (χ2n) is 28.7. The molecule has 4 heteroatoms. The summed E-state index contributed by atoms with van der Waals surface area (Å²) in [4.78, 5) is 0. The Labute approximate surface area is 691 Å². The highest BCUT2D eigenvalue weighted by Gasteiger charge is 2.26. The van der Waals surface area contributed by atoms with Crippen LogP contribution in [-0.4, -0.2) is 0 Å². The minimum absolute atomic E-state index is 0.0385. The Bertz CT molecular complexity index is 6720. The molecule has 0 saturated carbocycles. The maximum Gasteiger partial charge on any atom is 0.213 e. The third kappa shape index (κ3) is 17.1. The number of hydrogen-bond donors (Lipinski definition) is 0. The molecule has 552 valence electrons. The molecule has 0 spiro atoms. The van der Waals surface area contributed by atoms with Crippen LogP contribution in [0.2, 0.25) is 0 Å². The van der Waals surface area contributed by atoms with Gasteiger partial charge in [-0.3, -0.25) is 0 Å². The lowest BCUT2D eigenvalue weighted by Gasteiger charge is -2.17. The van der Waals surface area contributed by atoms with Crippen molar-refractivity contribution in [3.8, 4) is 134 Å². The second kappa shape index (κ2) is 34.9. The average Bonchev–Trinajstić information content (AvgIpc) is 0.867. The Morgan fingerprint density at radius 3 is 0.777 bits per heavy atom. The summed E-state index contributed by atoms with van der Waals surface area (Å²) >= 11 is 0. The molecule has 4 heterocycles. The maximum atomic E-state index is 8.20. The number of nitrogens with zero attached hydrogens (tertiary/aromatic N) is 4. The molecule has 16 aromatic rings. The average molecular weight is 1480 g/mol. The SMILES string of the molecule is [2H]C([2H])([2H])c1cc(C)cc(C([2H])([2H])[2H])c1-c1cccc(C)c1-c1ccc(-c2ccccc2)c[n+]1C.[2H]C([2H])([2H])c1cc(C)ccc1-c1cccc(C)c1-c1ccc(-c2ccccc2)c[n+]1C.[2H]C([2H])([2H])c1cccc(C([2H])([2H])[2H])c1-c1cccc(C)c1-c1ccc(-c2ccccc2)c[n+]1C.[2H]C([2H])([2H])c1ccccc1-c1cccc(C)c1-c1ccc(-c2ccccc2)c[n+]1C. The first kappa shape index (κ1) is 57.3. The molecule has 0 bridgehead atoms. The number of aryl methyl sites for hydroxylation is 16. The van der Waals surface area contributed by atoms with E-state index in [1.807, 2.05) is 277 Å². The number of pyridine rings is 4. The van der Waals surface area contributed by atoms with E-state index in [1.165, 1.54) is 18.2 Å². The predicted molar refractivity (Wildman–Crippen MR) is 473 cm³/mol. The zero-order valence-corrected chi connectivity index (χ0v) is 65.1. The fraction of sp³-hybridized carbons (Fsp3) is 0.148. The molecule has 0 aliphatic carbocycles. The number of aromatic nitrogens is 4. The van der Waals surface area contributed by atoms with E-state index < -0.39 is 41.1 Å². The van der Waals surface area contributed by atoms with Gasteiger partial charge in [-0.15, -0.1) is 0 Å². The van der Waals surface area contributed by atoms with Gasteiger partial charge in [0.1, 0.15) is 28.2 Å². The summed E-state index contributed by atoms with van der Waals surface area (Å²) in [7, 11) is 7.96. The Hall–Kier alpha value is -12.8. The lowest BCUT2D eigenvalue weighted by molar-refractivity contribution is -0.660. The van der Waals surface area contributed by atoms with Gasteiger partial charge in [-0.2, -0.15) is 0 Å². The van der Waals surface area contributed by atoms with E-state index in [4.69, 9.17) is 24.7 Å². The molecule has 112 heavy (non-hydrogen) atoms. The van der Waals surface area contributed by atoms with E-state index >= 15 is 0 Å². The van der Waals surface area contributed by atoms with E-state index in [-0.39, 0.29) is 33.4 Å². The van der Waals surface area contributed by atoms with Gasteiger partial charge in [0.25, 0.3) is 0 Å². The van der Waals surface area contributed by atoms with Crippen LogP contribution in [0.4, 0.5) is 0 Å². The van der Waals surface area contributed by atoms with Gasteiger partial charge in [0.05, 0.1) is 22.3 Å². The van der Waals surface area contributed by atoms with Crippen molar-refractivity contribution in [3.05, 3.63) is 407 Å². The summed E-state index contributed by atoms with van der Waals surface area (Å²) in [6.07, 6.45) is 8.31. The summed E-state index contributed by atoms with van der Waals surface area (Å²) in [5.41, 5.74) is 28.1. The zero-order chi connectivity index (χ0) is 93.7. The van der Waals surface area contributed by atoms with Crippen LogP contribution in [0, 0.1) is 82.7 Å². The predicted octanol–water partition coefficient (Wildman–Crippen LogP) is 25.7. The van der Waals surface area contributed by atoms with Crippen molar-refractivity contribution in [2.75, 3.05) is 0 Å². The Morgan fingerprint density at radius 2 is 0.438 bits per heavy atom. The van der Waals surface area contributed by atoms with Gasteiger partial charge < -0.3 is 0 Å². The van der Waals surface area contributed by atoms with E-state index in [9.17, 15) is 0 Å². The molecule has 4 aromatic heterocycles. The van der Waals surface area contributed by atoms with Crippen molar-refractivity contribution >= 4 is 0 Å². The van der Waals surface area contributed by atoms with Crippen LogP contribution in [0.5, 0.6) is 0 Å². The fourth-order valence-electron chi connectivity index (χ4n) is 15.1. The Kier molecular flexibility index (Phi) is 17.8. The van der Waals surface area contributed by atoms with E-state index in [1.54, 1.807) is 37.3 Å². The first-order chi connectivity index (χ1) is 61.5. The molecule has 0 N–H and O–H groups in total. The summed E-state index contributed by atoms with van der Waals surface area (Å²) in [5, 5.41) is 0. The minimum Gasteiger partial charge on any atom is -0.200 e. The van der Waals surface area contributed by atoms with E-state index in [2.05, 4.69) is 96.0 Å². The molecule has 0 atom stereocenters. The lowest BCUT2D eigenvalue weighted by atomic mass is 9.87. The summed E-state index contributed by atoms with van der Waals surface area (Å²) in [5.74, 6) is 0. The molecule has 0 aliphatic heterocycles. The molecule has 0 aliphatic rings. The molecule has 0 amide bonds. The van der Waals surface area contributed by atoms with Crippen LogP contribution < -0.4 is 18.3 Å². The molecule has 0 saturated heterocycles. The second-order valence-corrected chi connectivity index (χ2v) is 28.7. The van der Waals surface area contributed by atoms with Gasteiger partial charge in [0.15, 0.2) is 24.8 Å². The zero-order valence-electron chi connectivity index (χ0n) is 83.1. The molecule has 4 nitrogen and oxygen atoms in total. The van der Waals surface area contributed by atoms with Gasteiger partial charge in [-0.1, -0.05) is 278 Å². The molecule has 12 aromatic carbocycles. The fourth-order valence-corrected chi connectivity index (χ4v) is 15.1. The third-order valence-corrected chi connectivity index (χ3v) is 20.6. The van der Waals surface area contributed by atoms with E-state index in [0.717, 1.165) is 140 Å². The lowest BCUT2D eigenvalue weighted by Crippen LogP contribution is -2.31. The topological polar surface area (TPSA) is 15.5 Å². The Balaban J connectivity index is 0.000000148. The van der Waals surface area contributed by atoms with Crippen molar-refractivity contribution in [2.45, 2.75) is 82.7 Å². The normalized spacial score (nSPS) is 13.9. The van der Waals surface area contributed by atoms with E-state index in [0.29, 0.717) is 27.8 Å².